The minimum atomic E-state index is -1.11. The van der Waals surface area contributed by atoms with Crippen LogP contribution in [0.25, 0.3) is 31.6 Å². The Morgan fingerprint density at radius 2 is 1.93 bits per heavy atom. The van der Waals surface area contributed by atoms with Crippen LogP contribution >= 0.6 is 22.7 Å². The number of hydrogen-bond donors (Lipinski definition) is 1. The van der Waals surface area contributed by atoms with Crippen LogP contribution in [0.15, 0.2) is 29.8 Å². The Balaban J connectivity index is 2.06. The van der Waals surface area contributed by atoms with E-state index in [-0.39, 0.29) is 0 Å². The Morgan fingerprint density at radius 1 is 1.17 bits per heavy atom. The van der Waals surface area contributed by atoms with Crippen molar-refractivity contribution in [2.45, 2.75) is 46.3 Å². The van der Waals surface area contributed by atoms with E-state index < -0.39 is 17.7 Å². The summed E-state index contributed by atoms with van der Waals surface area (Å²) >= 11 is 3.20. The third kappa shape index (κ3) is 3.77. The van der Waals surface area contributed by atoms with Crippen LogP contribution in [0.1, 0.15) is 43.0 Å². The average Bonchev–Trinajstić information content (AvgIpc) is 3.22. The lowest BCUT2D eigenvalue weighted by Crippen LogP contribution is -2.28. The first kappa shape index (κ1) is 19.9. The Bertz CT molecular complexity index is 1230. The summed E-state index contributed by atoms with van der Waals surface area (Å²) in [5.74, 6) is -1.02. The number of thiophene rings is 1. The first-order chi connectivity index (χ1) is 13.6. The second kappa shape index (κ2) is 7.16. The zero-order chi connectivity index (χ0) is 20.9. The van der Waals surface area contributed by atoms with E-state index in [2.05, 4.69) is 11.1 Å². The van der Waals surface area contributed by atoms with Crippen molar-refractivity contribution in [3.8, 4) is 11.1 Å². The molecule has 0 aliphatic heterocycles. The lowest BCUT2D eigenvalue weighted by atomic mass is 9.94. The highest BCUT2D eigenvalue weighted by atomic mass is 32.1. The van der Waals surface area contributed by atoms with E-state index >= 15 is 0 Å². The first-order valence-electron chi connectivity index (χ1n) is 9.29. The molecule has 0 radical (unpaired) electrons. The van der Waals surface area contributed by atoms with Gasteiger partial charge >= 0.3 is 5.97 Å². The summed E-state index contributed by atoms with van der Waals surface area (Å²) in [7, 11) is 0. The fourth-order valence-corrected chi connectivity index (χ4v) is 5.26. The predicted molar refractivity (Wildman–Crippen MR) is 119 cm³/mol. The summed E-state index contributed by atoms with van der Waals surface area (Å²) in [5.41, 5.74) is 6.15. The molecule has 3 aromatic heterocycles. The Hall–Kier alpha value is -2.35. The van der Waals surface area contributed by atoms with Gasteiger partial charge in [-0.1, -0.05) is 6.07 Å². The first-order valence-corrected chi connectivity index (χ1v) is 11.0. The van der Waals surface area contributed by atoms with Crippen LogP contribution in [0.4, 0.5) is 0 Å². The second-order valence-electron chi connectivity index (χ2n) is 8.04. The van der Waals surface area contributed by atoms with Crippen molar-refractivity contribution in [3.63, 3.8) is 0 Å². The van der Waals surface area contributed by atoms with Gasteiger partial charge in [-0.05, 0) is 58.4 Å². The number of aliphatic carboxylic acids is 1. The molecule has 7 heteroatoms. The summed E-state index contributed by atoms with van der Waals surface area (Å²) in [5, 5.41) is 10.0. The van der Waals surface area contributed by atoms with Crippen LogP contribution in [-0.2, 0) is 9.53 Å². The minimum absolute atomic E-state index is 0.616. The highest BCUT2D eigenvalue weighted by molar-refractivity contribution is 7.19. The van der Waals surface area contributed by atoms with Gasteiger partial charge < -0.3 is 9.84 Å². The normalized spacial score (nSPS) is 13.3. The largest absolute Gasteiger partial charge is 0.479 e. The predicted octanol–water partition coefficient (Wildman–Crippen LogP) is 6.13. The number of benzene rings is 1. The van der Waals surface area contributed by atoms with Gasteiger partial charge in [-0.3, -0.25) is 4.98 Å². The topological polar surface area (TPSA) is 72.3 Å². The third-order valence-corrected chi connectivity index (χ3v) is 6.44. The molecular weight excluding hydrogens is 404 g/mol. The van der Waals surface area contributed by atoms with Crippen LogP contribution in [0.5, 0.6) is 0 Å². The molecule has 0 unspecified atom stereocenters. The molecule has 4 rings (SSSR count). The van der Waals surface area contributed by atoms with Gasteiger partial charge in [0.15, 0.2) is 6.10 Å². The number of thiazole rings is 1. The number of rotatable bonds is 4. The number of carboxylic acids is 1. The number of pyridine rings is 1. The van der Waals surface area contributed by atoms with E-state index in [1.54, 1.807) is 22.7 Å². The van der Waals surface area contributed by atoms with Crippen molar-refractivity contribution in [2.24, 2.45) is 0 Å². The van der Waals surface area contributed by atoms with Gasteiger partial charge in [0.05, 0.1) is 31.5 Å². The van der Waals surface area contributed by atoms with Crippen LogP contribution in [0.3, 0.4) is 0 Å². The van der Waals surface area contributed by atoms with Crippen molar-refractivity contribution >= 4 is 49.1 Å². The number of ether oxygens (including phenoxy) is 1. The highest BCUT2D eigenvalue weighted by Crippen LogP contribution is 2.43. The van der Waals surface area contributed by atoms with Crippen molar-refractivity contribution in [2.75, 3.05) is 0 Å². The summed E-state index contributed by atoms with van der Waals surface area (Å²) in [6.45, 7) is 9.49. The monoisotopic (exact) mass is 426 g/mol. The molecule has 0 saturated heterocycles. The molecule has 0 amide bonds. The number of aryl methyl sites for hydroxylation is 2. The van der Waals surface area contributed by atoms with Gasteiger partial charge in [-0.15, -0.1) is 22.7 Å². The molecule has 5 nitrogen and oxygen atoms in total. The van der Waals surface area contributed by atoms with Gasteiger partial charge in [0.2, 0.25) is 0 Å². The lowest BCUT2D eigenvalue weighted by Gasteiger charge is -2.27. The number of carbonyl (C=O) groups is 1. The third-order valence-electron chi connectivity index (χ3n) is 4.59. The molecule has 3 heterocycles. The van der Waals surface area contributed by atoms with Crippen molar-refractivity contribution < 1.29 is 14.6 Å². The Labute approximate surface area is 177 Å². The van der Waals surface area contributed by atoms with Crippen LogP contribution < -0.4 is 0 Å². The van der Waals surface area contributed by atoms with E-state index in [0.29, 0.717) is 11.3 Å². The van der Waals surface area contributed by atoms with Crippen molar-refractivity contribution in [1.29, 1.82) is 0 Å². The second-order valence-corrected chi connectivity index (χ2v) is 10.2. The van der Waals surface area contributed by atoms with Gasteiger partial charge in [0.25, 0.3) is 0 Å². The maximum atomic E-state index is 12.3. The van der Waals surface area contributed by atoms with E-state index in [0.717, 1.165) is 36.4 Å². The summed E-state index contributed by atoms with van der Waals surface area (Å²) in [4.78, 5) is 22.5. The minimum Gasteiger partial charge on any atom is -0.479 e. The number of carboxylic acid groups (broad SMARTS) is 1. The lowest BCUT2D eigenvalue weighted by molar-refractivity contribution is -0.160. The molecule has 1 atom stereocenters. The standard InChI is InChI=1S/C22H22N2O3S2/c1-11-8-15-20(29-11)18(13-6-7-14-16(9-13)28-10-23-14)17(12(2)24-15)19(21(25)26)27-22(3,4)5/h6-10,19H,1-5H3,(H,25,26)/t19-/m0/s1. The van der Waals surface area contributed by atoms with Crippen LogP contribution in [0, 0.1) is 13.8 Å². The molecule has 1 N–H and O–H groups in total. The van der Waals surface area contributed by atoms with Gasteiger partial charge in [-0.25, -0.2) is 9.78 Å². The number of nitrogens with zero attached hydrogens (tertiary/aromatic N) is 2. The number of fused-ring (bicyclic) bond motifs is 2. The molecule has 1 aromatic carbocycles. The Morgan fingerprint density at radius 3 is 2.62 bits per heavy atom. The average molecular weight is 427 g/mol. The summed E-state index contributed by atoms with van der Waals surface area (Å²) in [6, 6.07) is 8.11. The molecule has 0 fully saturated rings. The maximum Gasteiger partial charge on any atom is 0.337 e. The smallest absolute Gasteiger partial charge is 0.337 e. The molecule has 29 heavy (non-hydrogen) atoms. The molecule has 4 aromatic rings. The van der Waals surface area contributed by atoms with E-state index in [4.69, 9.17) is 9.72 Å². The fourth-order valence-electron chi connectivity index (χ4n) is 3.51. The summed E-state index contributed by atoms with van der Waals surface area (Å²) in [6.07, 6.45) is -1.11. The number of hydrogen-bond acceptors (Lipinski definition) is 6. The molecule has 0 bridgehead atoms. The van der Waals surface area contributed by atoms with Crippen LogP contribution in [0.2, 0.25) is 0 Å². The van der Waals surface area contributed by atoms with E-state index in [9.17, 15) is 9.90 Å². The zero-order valence-corrected chi connectivity index (χ0v) is 18.6. The van der Waals surface area contributed by atoms with Crippen molar-refractivity contribution in [3.05, 3.63) is 45.9 Å². The molecule has 0 aliphatic carbocycles. The Kier molecular flexibility index (Phi) is 4.93. The van der Waals surface area contributed by atoms with E-state index in [1.165, 1.54) is 0 Å². The summed E-state index contributed by atoms with van der Waals surface area (Å²) < 4.78 is 8.06. The van der Waals surface area contributed by atoms with Gasteiger partial charge in [-0.2, -0.15) is 0 Å². The quantitative estimate of drug-likeness (QED) is 0.425. The van der Waals surface area contributed by atoms with Gasteiger partial charge in [0.1, 0.15) is 0 Å². The highest BCUT2D eigenvalue weighted by Gasteiger charge is 2.32. The molecule has 0 aliphatic rings. The van der Waals surface area contributed by atoms with Crippen LogP contribution in [-0.4, -0.2) is 26.6 Å². The SMILES string of the molecule is Cc1cc2nc(C)c([C@H](OC(C)(C)C)C(=O)O)c(-c3ccc4ncsc4c3)c2s1. The molecular formula is C22H22N2O3S2. The maximum absolute atomic E-state index is 12.3. The fraction of sp³-hybridized carbons (Fsp3) is 0.318. The van der Waals surface area contributed by atoms with E-state index in [1.807, 2.05) is 58.3 Å². The zero-order valence-electron chi connectivity index (χ0n) is 16.9. The molecule has 150 valence electrons. The molecule has 0 spiro atoms. The molecule has 0 saturated carbocycles. The van der Waals surface area contributed by atoms with Crippen molar-refractivity contribution in [1.82, 2.24) is 9.97 Å². The number of aromatic nitrogens is 2. The van der Waals surface area contributed by atoms with Gasteiger partial charge in [0, 0.05) is 21.7 Å².